The van der Waals surface area contributed by atoms with Crippen molar-refractivity contribution in [2.24, 2.45) is 22.4 Å². The van der Waals surface area contributed by atoms with Crippen molar-refractivity contribution < 1.29 is 4.79 Å². The number of amides is 1. The van der Waals surface area contributed by atoms with Gasteiger partial charge in [-0.3, -0.25) is 9.78 Å². The summed E-state index contributed by atoms with van der Waals surface area (Å²) in [6.07, 6.45) is 6.46. The predicted octanol–water partition coefficient (Wildman–Crippen LogP) is 4.25. The molecule has 4 nitrogen and oxygen atoms in total. The van der Waals surface area contributed by atoms with E-state index in [-0.39, 0.29) is 5.91 Å². The van der Waals surface area contributed by atoms with Crippen LogP contribution in [-0.2, 0) is 0 Å². The van der Waals surface area contributed by atoms with Gasteiger partial charge in [-0.1, -0.05) is 38.1 Å². The van der Waals surface area contributed by atoms with E-state index in [9.17, 15) is 4.79 Å². The summed E-state index contributed by atoms with van der Waals surface area (Å²) in [6, 6.07) is 9.50. The third-order valence-corrected chi connectivity index (χ3v) is 5.98. The molecule has 0 saturated heterocycles. The summed E-state index contributed by atoms with van der Waals surface area (Å²) in [7, 11) is 0. The molecular weight excluding hydrogens is 310 g/mol. The molecule has 1 N–H and O–H groups in total. The highest BCUT2D eigenvalue weighted by atomic mass is 16.2. The molecule has 3 aliphatic rings. The number of aryl methyl sites for hydroxylation is 1. The van der Waals surface area contributed by atoms with Crippen LogP contribution in [0, 0.1) is 24.2 Å². The summed E-state index contributed by atoms with van der Waals surface area (Å²) in [6.45, 7) is 6.56. The third-order valence-electron chi connectivity index (χ3n) is 5.98. The van der Waals surface area contributed by atoms with Crippen molar-refractivity contribution in [1.82, 2.24) is 10.4 Å². The fourth-order valence-corrected chi connectivity index (χ4v) is 4.27. The molecule has 1 saturated carbocycles. The number of nitrogens with one attached hydrogen (secondary N) is 1. The van der Waals surface area contributed by atoms with Crippen molar-refractivity contribution >= 4 is 23.0 Å². The first kappa shape index (κ1) is 16.0. The summed E-state index contributed by atoms with van der Waals surface area (Å²) in [4.78, 5) is 17.1. The topological polar surface area (TPSA) is 54.4 Å². The van der Waals surface area contributed by atoms with E-state index >= 15 is 0 Å². The SMILES string of the molecule is Cc1cc(C(=O)NN=CC2=CCC3CC2C3(C)C)c2ccccc2n1. The zero-order valence-corrected chi connectivity index (χ0v) is 14.9. The van der Waals surface area contributed by atoms with E-state index in [1.165, 1.54) is 12.0 Å². The third kappa shape index (κ3) is 2.66. The Labute approximate surface area is 148 Å². The van der Waals surface area contributed by atoms with E-state index in [1.54, 1.807) is 0 Å². The normalized spacial score (nSPS) is 24.0. The van der Waals surface area contributed by atoms with Crippen molar-refractivity contribution in [2.45, 2.75) is 33.6 Å². The fourth-order valence-electron chi connectivity index (χ4n) is 4.27. The number of carbonyl (C=O) groups is 1. The molecule has 1 aromatic carbocycles. The van der Waals surface area contributed by atoms with Gasteiger partial charge < -0.3 is 0 Å². The van der Waals surface area contributed by atoms with Crippen molar-refractivity contribution in [1.29, 1.82) is 0 Å². The maximum Gasteiger partial charge on any atom is 0.272 e. The van der Waals surface area contributed by atoms with Crippen LogP contribution >= 0.6 is 0 Å². The highest BCUT2D eigenvalue weighted by Crippen LogP contribution is 2.58. The molecule has 4 heteroatoms. The number of allylic oxidation sites excluding steroid dienone is 2. The van der Waals surface area contributed by atoms with Crippen molar-refractivity contribution in [2.75, 3.05) is 0 Å². The number of hydrogen-bond acceptors (Lipinski definition) is 3. The zero-order valence-electron chi connectivity index (χ0n) is 14.9. The Hall–Kier alpha value is -2.49. The minimum absolute atomic E-state index is 0.194. The number of hydrogen-bond donors (Lipinski definition) is 1. The lowest BCUT2D eigenvalue weighted by atomic mass is 9.49. The minimum Gasteiger partial charge on any atom is -0.267 e. The summed E-state index contributed by atoms with van der Waals surface area (Å²) in [5.74, 6) is 1.17. The van der Waals surface area contributed by atoms with Crippen LogP contribution in [0.25, 0.3) is 10.9 Å². The molecule has 2 bridgehead atoms. The summed E-state index contributed by atoms with van der Waals surface area (Å²) in [5.41, 5.74) is 6.57. The molecule has 128 valence electrons. The van der Waals surface area contributed by atoms with E-state index < -0.39 is 0 Å². The Morgan fingerprint density at radius 3 is 2.92 bits per heavy atom. The number of nitrogens with zero attached hydrogens (tertiary/aromatic N) is 2. The van der Waals surface area contributed by atoms with E-state index in [0.29, 0.717) is 16.9 Å². The number of hydrazone groups is 1. The lowest BCUT2D eigenvalue weighted by molar-refractivity contribution is -0.00126. The number of para-hydroxylation sites is 1. The van der Waals surface area contributed by atoms with Crippen molar-refractivity contribution in [3.05, 3.63) is 53.2 Å². The van der Waals surface area contributed by atoms with Gasteiger partial charge in [0.2, 0.25) is 0 Å². The monoisotopic (exact) mass is 333 g/mol. The van der Waals surface area contributed by atoms with Crippen LogP contribution in [0.15, 0.2) is 47.1 Å². The Bertz CT molecular complexity index is 910. The molecule has 3 aliphatic carbocycles. The summed E-state index contributed by atoms with van der Waals surface area (Å²) < 4.78 is 0. The smallest absolute Gasteiger partial charge is 0.267 e. The van der Waals surface area contributed by atoms with Crippen LogP contribution in [0.5, 0.6) is 0 Å². The van der Waals surface area contributed by atoms with Gasteiger partial charge in [0.1, 0.15) is 0 Å². The van der Waals surface area contributed by atoms with Gasteiger partial charge in [-0.2, -0.15) is 5.10 Å². The van der Waals surface area contributed by atoms with Gasteiger partial charge in [0.05, 0.1) is 17.3 Å². The largest absolute Gasteiger partial charge is 0.272 e. The van der Waals surface area contributed by atoms with E-state index in [1.807, 2.05) is 43.5 Å². The maximum absolute atomic E-state index is 12.6. The molecule has 1 aromatic heterocycles. The molecule has 0 aliphatic heterocycles. The molecule has 2 unspecified atom stereocenters. The lowest BCUT2D eigenvalue weighted by Crippen LogP contribution is -2.48. The van der Waals surface area contributed by atoms with E-state index in [4.69, 9.17) is 0 Å². The first-order chi connectivity index (χ1) is 12.0. The van der Waals surface area contributed by atoms with Crippen LogP contribution < -0.4 is 5.43 Å². The van der Waals surface area contributed by atoms with Crippen LogP contribution in [-0.4, -0.2) is 17.1 Å². The van der Waals surface area contributed by atoms with Crippen LogP contribution in [0.4, 0.5) is 0 Å². The molecule has 25 heavy (non-hydrogen) atoms. The predicted molar refractivity (Wildman–Crippen MR) is 101 cm³/mol. The van der Waals surface area contributed by atoms with Gasteiger partial charge in [0.25, 0.3) is 5.91 Å². The highest BCUT2D eigenvalue weighted by molar-refractivity contribution is 6.06. The Morgan fingerprint density at radius 1 is 1.36 bits per heavy atom. The van der Waals surface area contributed by atoms with Gasteiger partial charge in [-0.25, -0.2) is 5.43 Å². The second kappa shape index (κ2) is 5.80. The molecule has 1 amide bonds. The Balaban J connectivity index is 1.53. The van der Waals surface area contributed by atoms with Crippen LogP contribution in [0.2, 0.25) is 0 Å². The number of fused-ring (bicyclic) bond motifs is 2. The minimum atomic E-state index is -0.194. The zero-order chi connectivity index (χ0) is 17.6. The molecule has 5 rings (SSSR count). The van der Waals surface area contributed by atoms with Crippen LogP contribution in [0.3, 0.4) is 0 Å². The fraction of sp³-hybridized carbons (Fsp3) is 0.381. The molecule has 0 radical (unpaired) electrons. The number of rotatable bonds is 3. The Morgan fingerprint density at radius 2 is 2.16 bits per heavy atom. The van der Waals surface area contributed by atoms with E-state index in [0.717, 1.165) is 28.9 Å². The average Bonchev–Trinajstić information content (AvgIpc) is 2.60. The maximum atomic E-state index is 12.6. The Kier molecular flexibility index (Phi) is 3.71. The second-order valence-electron chi connectivity index (χ2n) is 7.77. The van der Waals surface area contributed by atoms with Crippen molar-refractivity contribution in [3.63, 3.8) is 0 Å². The molecule has 1 fully saturated rings. The quantitative estimate of drug-likeness (QED) is 0.674. The second-order valence-corrected chi connectivity index (χ2v) is 7.77. The molecule has 0 spiro atoms. The number of carbonyl (C=O) groups excluding carboxylic acids is 1. The summed E-state index contributed by atoms with van der Waals surface area (Å²) in [5, 5.41) is 5.08. The molecule has 2 aromatic rings. The van der Waals surface area contributed by atoms with Gasteiger partial charge in [0.15, 0.2) is 0 Å². The number of aromatic nitrogens is 1. The highest BCUT2D eigenvalue weighted by Gasteiger charge is 2.50. The lowest BCUT2D eigenvalue weighted by Gasteiger charge is -2.55. The van der Waals surface area contributed by atoms with Gasteiger partial charge >= 0.3 is 0 Å². The first-order valence-electron chi connectivity index (χ1n) is 8.86. The average molecular weight is 333 g/mol. The number of benzene rings is 1. The van der Waals surface area contributed by atoms with Crippen LogP contribution in [0.1, 0.15) is 42.7 Å². The van der Waals surface area contributed by atoms with Gasteiger partial charge in [-0.15, -0.1) is 0 Å². The molecule has 2 atom stereocenters. The number of pyridine rings is 1. The van der Waals surface area contributed by atoms with Gasteiger partial charge in [0, 0.05) is 11.1 Å². The van der Waals surface area contributed by atoms with E-state index in [2.05, 4.69) is 35.4 Å². The van der Waals surface area contributed by atoms with Gasteiger partial charge in [-0.05, 0) is 54.7 Å². The van der Waals surface area contributed by atoms with Crippen molar-refractivity contribution in [3.8, 4) is 0 Å². The molecule has 1 heterocycles. The summed E-state index contributed by atoms with van der Waals surface area (Å²) >= 11 is 0. The molecular formula is C21H23N3O. The first-order valence-corrected chi connectivity index (χ1v) is 8.86. The standard InChI is InChI=1S/C21H23N3O/c1-13-10-17(16-6-4-5-7-19(16)23-13)20(25)24-22-12-14-8-9-15-11-18(14)21(15,2)3/h4-8,10,12,15,18H,9,11H2,1-3H3,(H,24,25).